The molecule has 1 aliphatic rings. The van der Waals surface area contributed by atoms with E-state index in [1.807, 2.05) is 12.1 Å². The van der Waals surface area contributed by atoms with Crippen LogP contribution in [-0.4, -0.2) is 35.3 Å². The maximum absolute atomic E-state index is 12.6. The van der Waals surface area contributed by atoms with Gasteiger partial charge in [0.05, 0.1) is 11.1 Å². The van der Waals surface area contributed by atoms with Gasteiger partial charge in [-0.1, -0.05) is 15.9 Å². The Kier molecular flexibility index (Phi) is 4.58. The van der Waals surface area contributed by atoms with Crippen LogP contribution in [0.4, 0.5) is 5.69 Å². The van der Waals surface area contributed by atoms with Crippen LogP contribution in [0, 0.1) is 0 Å². The predicted molar refractivity (Wildman–Crippen MR) is 100 cm³/mol. The number of hydrogen-bond acceptors (Lipinski definition) is 4. The second-order valence-electron chi connectivity index (χ2n) is 6.45. The third kappa shape index (κ3) is 3.35. The molecule has 1 N–H and O–H groups in total. The van der Waals surface area contributed by atoms with Gasteiger partial charge < -0.3 is 10.1 Å². The number of carbonyl (C=O) groups excluding carboxylic acids is 3. The molecule has 0 saturated carbocycles. The van der Waals surface area contributed by atoms with Crippen LogP contribution in [0.5, 0.6) is 5.75 Å². The van der Waals surface area contributed by atoms with Crippen LogP contribution in [0.3, 0.4) is 0 Å². The first kappa shape index (κ1) is 18.1. The zero-order chi connectivity index (χ0) is 19.1. The average Bonchev–Trinajstić information content (AvgIpc) is 2.81. The van der Waals surface area contributed by atoms with Gasteiger partial charge in [-0.3, -0.25) is 19.3 Å². The van der Waals surface area contributed by atoms with Crippen LogP contribution >= 0.6 is 15.9 Å². The van der Waals surface area contributed by atoms with E-state index < -0.39 is 5.60 Å². The van der Waals surface area contributed by atoms with Gasteiger partial charge in [0.15, 0.2) is 5.60 Å². The molecular formula is C19H17BrN2O4. The number of nitrogens with zero attached hydrogens (tertiary/aromatic N) is 1. The minimum absolute atomic E-state index is 0.280. The van der Waals surface area contributed by atoms with Gasteiger partial charge in [0.25, 0.3) is 17.7 Å². The van der Waals surface area contributed by atoms with Crippen LogP contribution in [0.2, 0.25) is 0 Å². The molecule has 2 aromatic carbocycles. The first-order valence-electron chi connectivity index (χ1n) is 7.91. The number of rotatable bonds is 4. The molecule has 0 atom stereocenters. The van der Waals surface area contributed by atoms with Crippen LogP contribution in [0.15, 0.2) is 46.9 Å². The Bertz CT molecular complexity index is 906. The van der Waals surface area contributed by atoms with Crippen molar-refractivity contribution in [3.8, 4) is 5.75 Å². The molecule has 7 heteroatoms. The zero-order valence-electron chi connectivity index (χ0n) is 14.5. The van der Waals surface area contributed by atoms with Crippen molar-refractivity contribution in [1.82, 2.24) is 4.90 Å². The van der Waals surface area contributed by atoms with Crippen molar-refractivity contribution in [3.63, 3.8) is 0 Å². The van der Waals surface area contributed by atoms with Gasteiger partial charge in [0, 0.05) is 17.2 Å². The number of halogens is 1. The number of carbonyl (C=O) groups is 3. The molecule has 3 rings (SSSR count). The lowest BCUT2D eigenvalue weighted by molar-refractivity contribution is -0.128. The summed E-state index contributed by atoms with van der Waals surface area (Å²) in [6, 6.07) is 11.8. The molecule has 3 amide bonds. The van der Waals surface area contributed by atoms with Gasteiger partial charge in [-0.2, -0.15) is 0 Å². The molecule has 0 unspecified atom stereocenters. The van der Waals surface area contributed by atoms with Gasteiger partial charge in [0.1, 0.15) is 5.75 Å². The first-order valence-corrected chi connectivity index (χ1v) is 8.71. The number of ether oxygens (including phenoxy) is 1. The fourth-order valence-electron chi connectivity index (χ4n) is 2.56. The Labute approximate surface area is 159 Å². The fraction of sp³-hybridized carbons (Fsp3) is 0.211. The Morgan fingerprint density at radius 1 is 1.04 bits per heavy atom. The van der Waals surface area contributed by atoms with Gasteiger partial charge in [-0.25, -0.2) is 0 Å². The Hall–Kier alpha value is -2.67. The number of benzene rings is 2. The fourth-order valence-corrected chi connectivity index (χ4v) is 2.83. The molecule has 0 radical (unpaired) electrons. The zero-order valence-corrected chi connectivity index (χ0v) is 16.1. The summed E-state index contributed by atoms with van der Waals surface area (Å²) >= 11 is 3.35. The lowest BCUT2D eigenvalue weighted by Gasteiger charge is -2.25. The largest absolute Gasteiger partial charge is 0.478 e. The average molecular weight is 417 g/mol. The molecule has 6 nitrogen and oxygen atoms in total. The Morgan fingerprint density at radius 2 is 1.65 bits per heavy atom. The maximum atomic E-state index is 12.6. The molecule has 1 aliphatic heterocycles. The molecule has 134 valence electrons. The molecule has 0 aromatic heterocycles. The summed E-state index contributed by atoms with van der Waals surface area (Å²) < 4.78 is 6.69. The Balaban J connectivity index is 1.76. The van der Waals surface area contributed by atoms with Gasteiger partial charge in [0.2, 0.25) is 0 Å². The van der Waals surface area contributed by atoms with Crippen molar-refractivity contribution in [2.45, 2.75) is 19.4 Å². The number of fused-ring (bicyclic) bond motifs is 1. The van der Waals surface area contributed by atoms with Gasteiger partial charge in [-0.05, 0) is 56.3 Å². The molecule has 0 bridgehead atoms. The minimum Gasteiger partial charge on any atom is -0.478 e. The lowest BCUT2D eigenvalue weighted by atomic mass is 10.1. The quantitative estimate of drug-likeness (QED) is 0.774. The van der Waals surface area contributed by atoms with E-state index in [-0.39, 0.29) is 23.3 Å². The van der Waals surface area contributed by atoms with E-state index in [1.54, 1.807) is 32.0 Å². The van der Waals surface area contributed by atoms with Crippen molar-refractivity contribution in [3.05, 3.63) is 58.1 Å². The summed E-state index contributed by atoms with van der Waals surface area (Å²) in [5.41, 5.74) is -0.0933. The van der Waals surface area contributed by atoms with Gasteiger partial charge in [-0.15, -0.1) is 0 Å². The summed E-state index contributed by atoms with van der Waals surface area (Å²) in [7, 11) is 1.43. The molecule has 0 saturated heterocycles. The molecule has 1 heterocycles. The number of nitrogens with one attached hydrogen (secondary N) is 1. The lowest BCUT2D eigenvalue weighted by Crippen LogP contribution is -2.42. The molecule has 2 aromatic rings. The molecule has 0 aliphatic carbocycles. The van der Waals surface area contributed by atoms with Crippen molar-refractivity contribution in [2.24, 2.45) is 0 Å². The highest BCUT2D eigenvalue weighted by Gasteiger charge is 2.34. The third-order valence-electron chi connectivity index (χ3n) is 4.08. The highest BCUT2D eigenvalue weighted by Crippen LogP contribution is 2.26. The van der Waals surface area contributed by atoms with Gasteiger partial charge >= 0.3 is 0 Å². The smallest absolute Gasteiger partial charge is 0.267 e. The van der Waals surface area contributed by atoms with Crippen molar-refractivity contribution in [1.29, 1.82) is 0 Å². The SMILES string of the molecule is CN1C(=O)c2ccc(NC(=O)C(C)(C)Oc3ccc(Br)cc3)cc2C1=O. The first-order chi connectivity index (χ1) is 12.2. The van der Waals surface area contributed by atoms with Crippen molar-refractivity contribution < 1.29 is 19.1 Å². The summed E-state index contributed by atoms with van der Waals surface area (Å²) in [6.07, 6.45) is 0. The summed E-state index contributed by atoms with van der Waals surface area (Å²) in [4.78, 5) is 37.7. The van der Waals surface area contributed by atoms with Crippen LogP contribution in [0.25, 0.3) is 0 Å². The van der Waals surface area contributed by atoms with Crippen LogP contribution in [-0.2, 0) is 4.79 Å². The highest BCUT2D eigenvalue weighted by molar-refractivity contribution is 9.10. The van der Waals surface area contributed by atoms with E-state index in [9.17, 15) is 14.4 Å². The minimum atomic E-state index is -1.14. The topological polar surface area (TPSA) is 75.7 Å². The molecular weight excluding hydrogens is 400 g/mol. The van der Waals surface area contributed by atoms with Crippen molar-refractivity contribution >= 4 is 39.3 Å². The molecule has 26 heavy (non-hydrogen) atoms. The Morgan fingerprint density at radius 3 is 2.31 bits per heavy atom. The predicted octanol–water partition coefficient (Wildman–Crippen LogP) is 3.47. The van der Waals surface area contributed by atoms with Crippen LogP contribution < -0.4 is 10.1 Å². The summed E-state index contributed by atoms with van der Waals surface area (Å²) in [5.74, 6) is -0.538. The second-order valence-corrected chi connectivity index (χ2v) is 7.37. The maximum Gasteiger partial charge on any atom is 0.267 e. The third-order valence-corrected chi connectivity index (χ3v) is 4.61. The number of imide groups is 1. The highest BCUT2D eigenvalue weighted by atomic mass is 79.9. The van der Waals surface area contributed by atoms with E-state index in [1.165, 1.54) is 19.2 Å². The molecule has 0 fully saturated rings. The summed E-state index contributed by atoms with van der Waals surface area (Å²) in [5, 5.41) is 2.74. The van der Waals surface area contributed by atoms with E-state index in [0.717, 1.165) is 9.37 Å². The van der Waals surface area contributed by atoms with E-state index in [2.05, 4.69) is 21.2 Å². The van der Waals surface area contributed by atoms with E-state index >= 15 is 0 Å². The monoisotopic (exact) mass is 416 g/mol. The van der Waals surface area contributed by atoms with E-state index in [0.29, 0.717) is 17.0 Å². The standard InChI is InChI=1S/C19H17BrN2O4/c1-19(2,26-13-7-4-11(20)5-8-13)18(25)21-12-6-9-14-15(10-12)17(24)22(3)16(14)23/h4-10H,1-3H3,(H,21,25). The second kappa shape index (κ2) is 6.57. The number of hydrogen-bond donors (Lipinski definition) is 1. The number of anilines is 1. The van der Waals surface area contributed by atoms with Crippen LogP contribution in [0.1, 0.15) is 34.6 Å². The number of amides is 3. The van der Waals surface area contributed by atoms with E-state index in [4.69, 9.17) is 4.74 Å². The summed E-state index contributed by atoms with van der Waals surface area (Å²) in [6.45, 7) is 3.31. The van der Waals surface area contributed by atoms with Crippen molar-refractivity contribution in [2.75, 3.05) is 12.4 Å². The normalized spacial score (nSPS) is 13.6. The molecule has 0 spiro atoms.